The fourth-order valence-electron chi connectivity index (χ4n) is 3.87. The van der Waals surface area contributed by atoms with Gasteiger partial charge in [-0.1, -0.05) is 54.6 Å². The summed E-state index contributed by atoms with van der Waals surface area (Å²) in [4.78, 5) is 6.79. The van der Waals surface area contributed by atoms with Gasteiger partial charge < -0.3 is 10.2 Å². The number of likely N-dealkylation sites (tertiary alicyclic amines) is 1. The predicted molar refractivity (Wildman–Crippen MR) is 135 cm³/mol. The van der Waals surface area contributed by atoms with E-state index in [1.165, 1.54) is 24.7 Å². The fraction of sp³-hybridized carbons (Fsp3) is 0.435. The summed E-state index contributed by atoms with van der Waals surface area (Å²) < 4.78 is 22.8. The summed E-state index contributed by atoms with van der Waals surface area (Å²) in [6, 6.07) is 18.5. The number of nitrogens with zero attached hydrogens (tertiary/aromatic N) is 2. The van der Waals surface area contributed by atoms with Crippen molar-refractivity contribution in [3.63, 3.8) is 0 Å². The van der Waals surface area contributed by atoms with E-state index in [4.69, 9.17) is 0 Å². The first kappa shape index (κ1) is 24.7. The first-order chi connectivity index (χ1) is 13.9. The fourth-order valence-corrected chi connectivity index (χ4v) is 4.66. The summed E-state index contributed by atoms with van der Waals surface area (Å²) >= 11 is 0. The topological polar surface area (TPSA) is 61.8 Å². The molecular weight excluding hydrogens is 509 g/mol. The molecule has 0 aromatic heterocycles. The third-order valence-electron chi connectivity index (χ3n) is 5.40. The molecule has 0 aliphatic carbocycles. The number of aliphatic imine (C=N–C) groups is 1. The molecule has 164 valence electrons. The first-order valence-electron chi connectivity index (χ1n) is 10.2. The van der Waals surface area contributed by atoms with Gasteiger partial charge in [-0.15, -0.1) is 24.0 Å². The molecule has 1 saturated heterocycles. The highest BCUT2D eigenvalue weighted by Crippen LogP contribution is 2.21. The lowest BCUT2D eigenvalue weighted by Crippen LogP contribution is -2.45. The Hall–Kier alpha value is -1.61. The Morgan fingerprint density at radius 3 is 2.17 bits per heavy atom. The van der Waals surface area contributed by atoms with Crippen molar-refractivity contribution in [1.29, 1.82) is 0 Å². The number of hydrogen-bond acceptors (Lipinski definition) is 3. The molecule has 0 bridgehead atoms. The standard InChI is InChI=1S/C23H31N3O2S.HI/c1-24-23(25-17-21-8-10-22(11-9-21)18-29(2,27)28)26-14-12-20(13-15-26)16-19-6-4-3-5-7-19;/h3-11,20H,12-18H2,1-2H3,(H,24,25);1H. The van der Waals surface area contributed by atoms with E-state index >= 15 is 0 Å². The Balaban J connectivity index is 0.00000320. The third-order valence-corrected chi connectivity index (χ3v) is 6.25. The number of nitrogens with one attached hydrogen (secondary N) is 1. The van der Waals surface area contributed by atoms with Crippen LogP contribution in [0.25, 0.3) is 0 Å². The maximum Gasteiger partial charge on any atom is 0.193 e. The molecular formula is C23H32IN3O2S. The number of hydrogen-bond donors (Lipinski definition) is 1. The monoisotopic (exact) mass is 541 g/mol. The molecule has 0 radical (unpaired) electrons. The van der Waals surface area contributed by atoms with Crippen molar-refractivity contribution in [3.8, 4) is 0 Å². The van der Waals surface area contributed by atoms with Crippen molar-refractivity contribution in [2.75, 3.05) is 26.4 Å². The molecule has 1 aliphatic heterocycles. The molecule has 1 aliphatic rings. The van der Waals surface area contributed by atoms with Gasteiger partial charge in [-0.3, -0.25) is 4.99 Å². The maximum atomic E-state index is 11.4. The number of piperidine rings is 1. The zero-order valence-electron chi connectivity index (χ0n) is 17.8. The second kappa shape index (κ2) is 11.7. The average Bonchev–Trinajstić information content (AvgIpc) is 2.70. The smallest absolute Gasteiger partial charge is 0.193 e. The van der Waals surface area contributed by atoms with E-state index in [0.29, 0.717) is 6.54 Å². The van der Waals surface area contributed by atoms with Crippen LogP contribution in [-0.4, -0.2) is 45.7 Å². The van der Waals surface area contributed by atoms with Crippen molar-refractivity contribution in [2.24, 2.45) is 10.9 Å². The van der Waals surface area contributed by atoms with Crippen molar-refractivity contribution >= 4 is 39.8 Å². The highest BCUT2D eigenvalue weighted by molar-refractivity contribution is 14.0. The van der Waals surface area contributed by atoms with E-state index in [1.807, 2.05) is 31.3 Å². The number of benzene rings is 2. The van der Waals surface area contributed by atoms with Crippen LogP contribution in [-0.2, 0) is 28.6 Å². The molecule has 5 nitrogen and oxygen atoms in total. The van der Waals surface area contributed by atoms with Gasteiger partial charge in [0.25, 0.3) is 0 Å². The lowest BCUT2D eigenvalue weighted by molar-refractivity contribution is 0.259. The van der Waals surface area contributed by atoms with Gasteiger partial charge in [0.2, 0.25) is 0 Å². The molecule has 0 saturated carbocycles. The van der Waals surface area contributed by atoms with Crippen LogP contribution in [0.4, 0.5) is 0 Å². The molecule has 0 atom stereocenters. The third kappa shape index (κ3) is 7.91. The maximum absolute atomic E-state index is 11.4. The van der Waals surface area contributed by atoms with Crippen LogP contribution in [0, 0.1) is 5.92 Å². The average molecular weight is 541 g/mol. The Morgan fingerprint density at radius 1 is 1.00 bits per heavy atom. The minimum Gasteiger partial charge on any atom is -0.352 e. The van der Waals surface area contributed by atoms with Crippen LogP contribution < -0.4 is 5.32 Å². The summed E-state index contributed by atoms with van der Waals surface area (Å²) in [7, 11) is -1.17. The predicted octanol–water partition coefficient (Wildman–Crippen LogP) is 3.88. The van der Waals surface area contributed by atoms with Crippen LogP contribution in [0.5, 0.6) is 0 Å². The van der Waals surface area contributed by atoms with Crippen LogP contribution in [0.3, 0.4) is 0 Å². The molecule has 1 heterocycles. The van der Waals surface area contributed by atoms with Gasteiger partial charge in [-0.2, -0.15) is 0 Å². The van der Waals surface area contributed by atoms with Crippen LogP contribution >= 0.6 is 24.0 Å². The second-order valence-electron chi connectivity index (χ2n) is 7.91. The van der Waals surface area contributed by atoms with E-state index in [0.717, 1.165) is 42.5 Å². The van der Waals surface area contributed by atoms with Crippen molar-refractivity contribution in [2.45, 2.75) is 31.6 Å². The first-order valence-corrected chi connectivity index (χ1v) is 12.2. The van der Waals surface area contributed by atoms with Gasteiger partial charge in [-0.05, 0) is 41.9 Å². The molecule has 0 amide bonds. The summed E-state index contributed by atoms with van der Waals surface area (Å²) in [5.41, 5.74) is 3.36. The van der Waals surface area contributed by atoms with E-state index in [1.54, 1.807) is 0 Å². The van der Waals surface area contributed by atoms with Gasteiger partial charge in [-0.25, -0.2) is 8.42 Å². The van der Waals surface area contributed by atoms with Gasteiger partial charge in [0.05, 0.1) is 5.75 Å². The number of rotatable bonds is 6. The van der Waals surface area contributed by atoms with Gasteiger partial charge in [0, 0.05) is 32.9 Å². The minimum absolute atomic E-state index is 0. The van der Waals surface area contributed by atoms with Crippen molar-refractivity contribution in [3.05, 3.63) is 71.3 Å². The molecule has 2 aromatic carbocycles. The summed E-state index contributed by atoms with van der Waals surface area (Å²) in [6.07, 6.45) is 4.77. The lowest BCUT2D eigenvalue weighted by atomic mass is 9.90. The molecule has 2 aromatic rings. The highest BCUT2D eigenvalue weighted by Gasteiger charge is 2.21. The quantitative estimate of drug-likeness (QED) is 0.343. The Labute approximate surface area is 197 Å². The SMILES string of the molecule is CN=C(NCc1ccc(CS(C)(=O)=O)cc1)N1CCC(Cc2ccccc2)CC1.I. The zero-order valence-corrected chi connectivity index (χ0v) is 20.9. The Morgan fingerprint density at radius 2 is 1.60 bits per heavy atom. The van der Waals surface area contributed by atoms with Crippen LogP contribution in [0.2, 0.25) is 0 Å². The molecule has 7 heteroatoms. The zero-order chi connectivity index (χ0) is 20.7. The minimum atomic E-state index is -3.00. The van der Waals surface area contributed by atoms with E-state index in [2.05, 4.69) is 45.5 Å². The van der Waals surface area contributed by atoms with Gasteiger partial charge >= 0.3 is 0 Å². The molecule has 1 fully saturated rings. The summed E-state index contributed by atoms with van der Waals surface area (Å²) in [5.74, 6) is 1.75. The normalized spacial score (nSPS) is 15.5. The number of guanidine groups is 1. The summed E-state index contributed by atoms with van der Waals surface area (Å²) in [5, 5.41) is 3.45. The summed E-state index contributed by atoms with van der Waals surface area (Å²) in [6.45, 7) is 2.71. The van der Waals surface area contributed by atoms with Crippen molar-refractivity contribution in [1.82, 2.24) is 10.2 Å². The Bertz CT molecular complexity index is 907. The van der Waals surface area contributed by atoms with Gasteiger partial charge in [0.15, 0.2) is 15.8 Å². The molecule has 1 N–H and O–H groups in total. The number of sulfone groups is 1. The lowest BCUT2D eigenvalue weighted by Gasteiger charge is -2.34. The molecule has 3 rings (SSSR count). The Kier molecular flexibility index (Phi) is 9.61. The number of halogens is 1. The highest BCUT2D eigenvalue weighted by atomic mass is 127. The molecule has 0 unspecified atom stereocenters. The van der Waals surface area contributed by atoms with Gasteiger partial charge in [0.1, 0.15) is 0 Å². The van der Waals surface area contributed by atoms with E-state index in [9.17, 15) is 8.42 Å². The largest absolute Gasteiger partial charge is 0.352 e. The van der Waals surface area contributed by atoms with Crippen LogP contribution in [0.15, 0.2) is 59.6 Å². The second-order valence-corrected chi connectivity index (χ2v) is 10.0. The van der Waals surface area contributed by atoms with E-state index in [-0.39, 0.29) is 29.7 Å². The van der Waals surface area contributed by atoms with Crippen LogP contribution in [0.1, 0.15) is 29.5 Å². The van der Waals surface area contributed by atoms with E-state index < -0.39 is 9.84 Å². The molecule has 30 heavy (non-hydrogen) atoms. The van der Waals surface area contributed by atoms with Crippen molar-refractivity contribution < 1.29 is 8.42 Å². The molecule has 0 spiro atoms.